The maximum Gasteiger partial charge on any atom is 0.125 e. The van der Waals surface area contributed by atoms with Gasteiger partial charge in [-0.25, -0.2) is 0 Å². The van der Waals surface area contributed by atoms with Crippen molar-refractivity contribution in [3.63, 3.8) is 0 Å². The number of nitriles is 1. The fraction of sp³-hybridized carbons (Fsp3) is 0.533. The third kappa shape index (κ3) is 3.05. The van der Waals surface area contributed by atoms with Gasteiger partial charge >= 0.3 is 0 Å². The molecule has 0 spiro atoms. The third-order valence-corrected chi connectivity index (χ3v) is 4.40. The molecule has 0 saturated heterocycles. The number of hydrogen-bond donors (Lipinski definition) is 1. The van der Waals surface area contributed by atoms with Crippen LogP contribution >= 0.6 is 15.9 Å². The van der Waals surface area contributed by atoms with E-state index >= 15 is 0 Å². The molecule has 0 bridgehead atoms. The first-order valence-corrected chi connectivity index (χ1v) is 7.42. The Morgan fingerprint density at radius 3 is 2.78 bits per heavy atom. The van der Waals surface area contributed by atoms with Crippen LogP contribution in [-0.4, -0.2) is 5.54 Å². The summed E-state index contributed by atoms with van der Waals surface area (Å²) in [6.07, 6.45) is 5.51. The molecule has 0 heterocycles. The van der Waals surface area contributed by atoms with E-state index in [0.717, 1.165) is 29.4 Å². The van der Waals surface area contributed by atoms with Gasteiger partial charge in [-0.15, -0.1) is 0 Å². The molecule has 1 aromatic carbocycles. The summed E-state index contributed by atoms with van der Waals surface area (Å²) in [4.78, 5) is 0. The fourth-order valence-electron chi connectivity index (χ4n) is 2.79. The molecule has 2 rings (SSSR count). The van der Waals surface area contributed by atoms with Gasteiger partial charge in [0.15, 0.2) is 0 Å². The minimum absolute atomic E-state index is 0.368. The highest BCUT2D eigenvalue weighted by Crippen LogP contribution is 2.36. The molecule has 2 nitrogen and oxygen atoms in total. The molecule has 3 heteroatoms. The SMILES string of the molecule is CCC1CCCC(C#N)(Nc2ccc(Br)cc2)C1. The van der Waals surface area contributed by atoms with Crippen molar-refractivity contribution in [2.24, 2.45) is 5.92 Å². The summed E-state index contributed by atoms with van der Waals surface area (Å²) in [5.41, 5.74) is 0.670. The Kier molecular flexibility index (Phi) is 4.29. The van der Waals surface area contributed by atoms with Crippen LogP contribution in [0.2, 0.25) is 0 Å². The lowest BCUT2D eigenvalue weighted by Gasteiger charge is -2.36. The molecule has 1 aliphatic carbocycles. The fourth-order valence-corrected chi connectivity index (χ4v) is 3.05. The zero-order valence-electron chi connectivity index (χ0n) is 10.7. The smallest absolute Gasteiger partial charge is 0.125 e. The first-order chi connectivity index (χ1) is 8.67. The highest BCUT2D eigenvalue weighted by Gasteiger charge is 2.35. The quantitative estimate of drug-likeness (QED) is 0.876. The van der Waals surface area contributed by atoms with Gasteiger partial charge in [-0.1, -0.05) is 35.7 Å². The Hall–Kier alpha value is -1.01. The second kappa shape index (κ2) is 5.75. The van der Waals surface area contributed by atoms with Gasteiger partial charge in [0.2, 0.25) is 0 Å². The van der Waals surface area contributed by atoms with Crippen molar-refractivity contribution in [1.82, 2.24) is 0 Å². The Balaban J connectivity index is 2.13. The highest BCUT2D eigenvalue weighted by molar-refractivity contribution is 9.10. The normalized spacial score (nSPS) is 27.5. The van der Waals surface area contributed by atoms with Gasteiger partial charge in [-0.3, -0.25) is 0 Å². The Bertz CT molecular complexity index is 435. The molecule has 1 fully saturated rings. The van der Waals surface area contributed by atoms with Crippen LogP contribution in [0.15, 0.2) is 28.7 Å². The number of rotatable bonds is 3. The van der Waals surface area contributed by atoms with E-state index in [1.54, 1.807) is 0 Å². The van der Waals surface area contributed by atoms with Crippen LogP contribution in [0.3, 0.4) is 0 Å². The van der Waals surface area contributed by atoms with Gasteiger partial charge in [0.1, 0.15) is 5.54 Å². The molecule has 0 radical (unpaired) electrons. The molecule has 2 unspecified atom stereocenters. The second-order valence-corrected chi connectivity index (χ2v) is 6.11. The van der Waals surface area contributed by atoms with Crippen molar-refractivity contribution in [1.29, 1.82) is 5.26 Å². The monoisotopic (exact) mass is 306 g/mol. The van der Waals surface area contributed by atoms with Gasteiger partial charge in [0, 0.05) is 10.2 Å². The van der Waals surface area contributed by atoms with Crippen molar-refractivity contribution in [3.8, 4) is 6.07 Å². The van der Waals surface area contributed by atoms with Gasteiger partial charge in [-0.2, -0.15) is 5.26 Å². The van der Waals surface area contributed by atoms with E-state index in [4.69, 9.17) is 0 Å². The maximum absolute atomic E-state index is 9.55. The molecule has 0 aromatic heterocycles. The van der Waals surface area contributed by atoms with E-state index < -0.39 is 0 Å². The van der Waals surface area contributed by atoms with Crippen molar-refractivity contribution >= 4 is 21.6 Å². The predicted octanol–water partition coefficient (Wildman–Crippen LogP) is 4.72. The molecule has 96 valence electrons. The second-order valence-electron chi connectivity index (χ2n) is 5.20. The van der Waals surface area contributed by atoms with E-state index in [2.05, 4.69) is 34.2 Å². The van der Waals surface area contributed by atoms with Gasteiger partial charge in [0.25, 0.3) is 0 Å². The van der Waals surface area contributed by atoms with Crippen molar-refractivity contribution in [2.45, 2.75) is 44.6 Å². The summed E-state index contributed by atoms with van der Waals surface area (Å²) in [6.45, 7) is 2.22. The lowest BCUT2D eigenvalue weighted by atomic mass is 9.75. The Morgan fingerprint density at radius 2 is 2.17 bits per heavy atom. The molecule has 1 aromatic rings. The average Bonchev–Trinajstić information content (AvgIpc) is 2.42. The average molecular weight is 307 g/mol. The first kappa shape index (κ1) is 13.4. The summed E-state index contributed by atoms with van der Waals surface area (Å²) in [5, 5.41) is 13.0. The van der Waals surface area contributed by atoms with Crippen LogP contribution in [0.25, 0.3) is 0 Å². The molecule has 18 heavy (non-hydrogen) atoms. The van der Waals surface area contributed by atoms with Gasteiger partial charge in [-0.05, 0) is 49.4 Å². The molecule has 0 aliphatic heterocycles. The summed E-state index contributed by atoms with van der Waals surface area (Å²) >= 11 is 3.43. The van der Waals surface area contributed by atoms with Crippen LogP contribution in [0.1, 0.15) is 39.0 Å². The van der Waals surface area contributed by atoms with Crippen LogP contribution in [0, 0.1) is 17.2 Å². The minimum atomic E-state index is -0.368. The Labute approximate surface area is 118 Å². The van der Waals surface area contributed by atoms with Gasteiger partial charge < -0.3 is 5.32 Å². The van der Waals surface area contributed by atoms with Gasteiger partial charge in [0.05, 0.1) is 6.07 Å². The van der Waals surface area contributed by atoms with Crippen LogP contribution in [-0.2, 0) is 0 Å². The standard InChI is InChI=1S/C15H19BrN2/c1-2-12-4-3-9-15(10-12,11-17)18-14-7-5-13(16)6-8-14/h5-8,12,18H,2-4,9-10H2,1H3. The van der Waals surface area contributed by atoms with Crippen molar-refractivity contribution in [2.75, 3.05) is 5.32 Å². The summed E-state index contributed by atoms with van der Waals surface area (Å²) in [7, 11) is 0. The molecule has 1 aliphatic rings. The number of benzene rings is 1. The zero-order chi connectivity index (χ0) is 13.0. The lowest BCUT2D eigenvalue weighted by molar-refractivity contribution is 0.283. The van der Waals surface area contributed by atoms with E-state index in [0.29, 0.717) is 5.92 Å². The van der Waals surface area contributed by atoms with Crippen LogP contribution in [0.5, 0.6) is 0 Å². The number of nitrogens with zero attached hydrogens (tertiary/aromatic N) is 1. The summed E-state index contributed by atoms with van der Waals surface area (Å²) in [5.74, 6) is 0.682. The first-order valence-electron chi connectivity index (χ1n) is 6.62. The molecular weight excluding hydrogens is 288 g/mol. The van der Waals surface area contributed by atoms with Crippen molar-refractivity contribution < 1.29 is 0 Å². The number of nitrogens with one attached hydrogen (secondary N) is 1. The number of anilines is 1. The van der Waals surface area contributed by atoms with E-state index in [9.17, 15) is 5.26 Å². The maximum atomic E-state index is 9.55. The van der Waals surface area contributed by atoms with Crippen LogP contribution in [0.4, 0.5) is 5.69 Å². The van der Waals surface area contributed by atoms with E-state index in [-0.39, 0.29) is 5.54 Å². The zero-order valence-corrected chi connectivity index (χ0v) is 12.3. The number of halogens is 1. The third-order valence-electron chi connectivity index (χ3n) is 3.87. The molecule has 1 saturated carbocycles. The Morgan fingerprint density at radius 1 is 1.44 bits per heavy atom. The van der Waals surface area contributed by atoms with Crippen molar-refractivity contribution in [3.05, 3.63) is 28.7 Å². The summed E-state index contributed by atoms with van der Waals surface area (Å²) in [6, 6.07) is 10.6. The van der Waals surface area contributed by atoms with Crippen LogP contribution < -0.4 is 5.32 Å². The minimum Gasteiger partial charge on any atom is -0.367 e. The van der Waals surface area contributed by atoms with E-state index in [1.165, 1.54) is 12.8 Å². The number of hydrogen-bond acceptors (Lipinski definition) is 2. The lowest BCUT2D eigenvalue weighted by Crippen LogP contribution is -2.41. The molecule has 1 N–H and O–H groups in total. The molecule has 2 atom stereocenters. The predicted molar refractivity (Wildman–Crippen MR) is 78.4 cm³/mol. The van der Waals surface area contributed by atoms with E-state index in [1.807, 2.05) is 24.3 Å². The molecule has 0 amide bonds. The largest absolute Gasteiger partial charge is 0.367 e. The summed E-state index contributed by atoms with van der Waals surface area (Å²) < 4.78 is 1.06. The molecular formula is C15H19BrN2. The topological polar surface area (TPSA) is 35.8 Å². The highest BCUT2D eigenvalue weighted by atomic mass is 79.9.